The summed E-state index contributed by atoms with van der Waals surface area (Å²) in [6.07, 6.45) is 0. The zero-order chi connectivity index (χ0) is 15.0. The quantitative estimate of drug-likeness (QED) is 0.482. The molecule has 1 aromatic carbocycles. The van der Waals surface area contributed by atoms with Crippen LogP contribution in [0.4, 0.5) is 17.5 Å². The minimum atomic E-state index is 0.401. The average molecular weight is 364 g/mol. The summed E-state index contributed by atoms with van der Waals surface area (Å²) in [4.78, 5) is 10.9. The topological polar surface area (TPSA) is 75.9 Å². The molecule has 3 aromatic rings. The van der Waals surface area contributed by atoms with E-state index in [1.807, 2.05) is 13.0 Å². The number of hydrogen-bond acceptors (Lipinski definition) is 6. The first-order valence-electron chi connectivity index (χ1n) is 6.34. The highest BCUT2D eigenvalue weighted by atomic mass is 79.9. The van der Waals surface area contributed by atoms with Gasteiger partial charge in [-0.2, -0.15) is 4.98 Å². The number of aromatic nitrogens is 2. The molecular weight excluding hydrogens is 350 g/mol. The molecule has 0 bridgehead atoms. The third-order valence-electron chi connectivity index (χ3n) is 2.95. The Labute approximate surface area is 134 Å². The maximum Gasteiger partial charge on any atom is 0.240 e. The predicted molar refractivity (Wildman–Crippen MR) is 92.1 cm³/mol. The molecule has 0 saturated heterocycles. The molecule has 0 spiro atoms. The van der Waals surface area contributed by atoms with E-state index in [0.29, 0.717) is 5.95 Å². The number of halogens is 1. The zero-order valence-corrected chi connectivity index (χ0v) is 14.0. The second-order valence-corrected chi connectivity index (χ2v) is 6.91. The molecule has 0 atom stereocenters. The number of anilines is 3. The van der Waals surface area contributed by atoms with Crippen molar-refractivity contribution in [1.82, 2.24) is 9.97 Å². The van der Waals surface area contributed by atoms with Crippen molar-refractivity contribution >= 4 is 54.9 Å². The van der Waals surface area contributed by atoms with Gasteiger partial charge in [0.2, 0.25) is 5.95 Å². The van der Waals surface area contributed by atoms with Crippen LogP contribution in [-0.4, -0.2) is 9.97 Å². The molecule has 0 saturated carbocycles. The molecule has 5 nitrogen and oxygen atoms in total. The summed E-state index contributed by atoms with van der Waals surface area (Å²) < 4.78 is 1.02. The molecule has 3 rings (SSSR count). The van der Waals surface area contributed by atoms with Crippen LogP contribution < -0.4 is 16.6 Å². The van der Waals surface area contributed by atoms with Crippen LogP contribution in [-0.2, 0) is 0 Å². The Morgan fingerprint density at radius 2 is 1.95 bits per heavy atom. The van der Waals surface area contributed by atoms with E-state index in [1.165, 1.54) is 4.88 Å². The van der Waals surface area contributed by atoms with Crippen LogP contribution >= 0.6 is 27.3 Å². The van der Waals surface area contributed by atoms with Gasteiger partial charge < -0.3 is 5.32 Å². The number of fused-ring (bicyclic) bond motifs is 1. The lowest BCUT2D eigenvalue weighted by molar-refractivity contribution is 1.16. The highest BCUT2D eigenvalue weighted by Gasteiger charge is 2.11. The van der Waals surface area contributed by atoms with E-state index in [4.69, 9.17) is 5.84 Å². The fraction of sp³-hybridized carbons (Fsp3) is 0.143. The average Bonchev–Trinajstić information content (AvgIpc) is 2.78. The van der Waals surface area contributed by atoms with E-state index >= 15 is 0 Å². The van der Waals surface area contributed by atoms with Crippen LogP contribution in [0.25, 0.3) is 10.2 Å². The van der Waals surface area contributed by atoms with Crippen LogP contribution in [0.2, 0.25) is 0 Å². The van der Waals surface area contributed by atoms with Gasteiger partial charge in [0, 0.05) is 15.0 Å². The fourth-order valence-electron chi connectivity index (χ4n) is 2.15. The van der Waals surface area contributed by atoms with Gasteiger partial charge in [-0.25, -0.2) is 10.8 Å². The third-order valence-corrected chi connectivity index (χ3v) is 4.35. The minimum Gasteiger partial charge on any atom is -0.339 e. The summed E-state index contributed by atoms with van der Waals surface area (Å²) in [5, 5.41) is 4.34. The molecule has 0 aliphatic heterocycles. The van der Waals surface area contributed by atoms with Crippen molar-refractivity contribution < 1.29 is 0 Å². The SMILES string of the molecule is Cc1cc(Br)cc(Nc2nc(NN)nc3sc(C)cc23)c1. The van der Waals surface area contributed by atoms with Crippen LogP contribution in [0.1, 0.15) is 10.4 Å². The van der Waals surface area contributed by atoms with Crippen LogP contribution in [0, 0.1) is 13.8 Å². The normalized spacial score (nSPS) is 10.9. The Hall–Kier alpha value is -1.70. The first-order valence-corrected chi connectivity index (χ1v) is 7.95. The maximum absolute atomic E-state index is 5.45. The highest BCUT2D eigenvalue weighted by molar-refractivity contribution is 9.10. The molecule has 2 aromatic heterocycles. The second-order valence-electron chi connectivity index (χ2n) is 4.76. The smallest absolute Gasteiger partial charge is 0.240 e. The highest BCUT2D eigenvalue weighted by Crippen LogP contribution is 2.32. The van der Waals surface area contributed by atoms with E-state index in [0.717, 1.165) is 31.8 Å². The molecule has 0 aliphatic carbocycles. The van der Waals surface area contributed by atoms with Crippen molar-refractivity contribution in [2.75, 3.05) is 10.7 Å². The minimum absolute atomic E-state index is 0.401. The molecule has 7 heteroatoms. The number of nitrogen functional groups attached to an aromatic ring is 1. The number of hydrogen-bond donors (Lipinski definition) is 3. The number of benzene rings is 1. The van der Waals surface area contributed by atoms with Gasteiger partial charge in [-0.3, -0.25) is 5.43 Å². The Morgan fingerprint density at radius 3 is 2.67 bits per heavy atom. The van der Waals surface area contributed by atoms with Crippen molar-refractivity contribution in [1.29, 1.82) is 0 Å². The summed E-state index contributed by atoms with van der Waals surface area (Å²) in [6, 6.07) is 8.21. The Kier molecular flexibility index (Phi) is 3.79. The molecule has 4 N–H and O–H groups in total. The van der Waals surface area contributed by atoms with E-state index in [-0.39, 0.29) is 0 Å². The third kappa shape index (κ3) is 2.99. The monoisotopic (exact) mass is 363 g/mol. The number of nitrogens with zero attached hydrogens (tertiary/aromatic N) is 2. The van der Waals surface area contributed by atoms with Crippen molar-refractivity contribution in [2.24, 2.45) is 5.84 Å². The Balaban J connectivity index is 2.10. The molecule has 0 amide bonds. The first-order chi connectivity index (χ1) is 10.0. The lowest BCUT2D eigenvalue weighted by Crippen LogP contribution is -2.11. The van der Waals surface area contributed by atoms with Crippen LogP contribution in [0.5, 0.6) is 0 Å². The van der Waals surface area contributed by atoms with E-state index < -0.39 is 0 Å². The number of nitrogens with one attached hydrogen (secondary N) is 2. The standard InChI is InChI=1S/C14H14BrN5S/c1-7-3-9(15)6-10(4-7)17-12-11-5-8(2)21-13(11)19-14(18-12)20-16/h3-6H,16H2,1-2H3,(H2,17,18,19,20). The van der Waals surface area contributed by atoms with Gasteiger partial charge >= 0.3 is 0 Å². The van der Waals surface area contributed by atoms with Crippen molar-refractivity contribution in [3.05, 3.63) is 39.2 Å². The number of nitrogens with two attached hydrogens (primary N) is 1. The molecule has 0 fully saturated rings. The van der Waals surface area contributed by atoms with Crippen molar-refractivity contribution in [3.8, 4) is 0 Å². The molecule has 2 heterocycles. The van der Waals surface area contributed by atoms with Gasteiger partial charge in [0.1, 0.15) is 10.6 Å². The summed E-state index contributed by atoms with van der Waals surface area (Å²) in [7, 11) is 0. The van der Waals surface area contributed by atoms with E-state index in [2.05, 4.69) is 61.8 Å². The second kappa shape index (κ2) is 5.59. The van der Waals surface area contributed by atoms with E-state index in [9.17, 15) is 0 Å². The first kappa shape index (κ1) is 14.2. The summed E-state index contributed by atoms with van der Waals surface area (Å²) in [6.45, 7) is 4.10. The lowest BCUT2D eigenvalue weighted by atomic mass is 10.2. The molecule has 0 unspecified atom stereocenters. The van der Waals surface area contributed by atoms with Gasteiger partial charge in [-0.15, -0.1) is 11.3 Å². The summed E-state index contributed by atoms with van der Waals surface area (Å²) >= 11 is 5.12. The largest absolute Gasteiger partial charge is 0.339 e. The van der Waals surface area contributed by atoms with Crippen LogP contribution in [0.15, 0.2) is 28.7 Å². The molecule has 0 aliphatic rings. The van der Waals surface area contributed by atoms with Crippen molar-refractivity contribution in [2.45, 2.75) is 13.8 Å². The number of hydrazine groups is 1. The van der Waals surface area contributed by atoms with Gasteiger partial charge in [-0.05, 0) is 43.7 Å². The summed E-state index contributed by atoms with van der Waals surface area (Å²) in [5.41, 5.74) is 4.64. The number of thiophene rings is 1. The molecular formula is C14H14BrN5S. The Bertz CT molecular complexity index is 794. The van der Waals surface area contributed by atoms with Gasteiger partial charge in [-0.1, -0.05) is 15.9 Å². The van der Waals surface area contributed by atoms with Crippen molar-refractivity contribution in [3.63, 3.8) is 0 Å². The fourth-order valence-corrected chi connectivity index (χ4v) is 3.63. The number of aryl methyl sites for hydroxylation is 2. The van der Waals surface area contributed by atoms with Crippen LogP contribution in [0.3, 0.4) is 0 Å². The predicted octanol–water partition coefficient (Wildman–Crippen LogP) is 4.10. The Morgan fingerprint density at radius 1 is 1.14 bits per heavy atom. The molecule has 0 radical (unpaired) electrons. The lowest BCUT2D eigenvalue weighted by Gasteiger charge is -2.09. The van der Waals surface area contributed by atoms with Gasteiger partial charge in [0.25, 0.3) is 0 Å². The van der Waals surface area contributed by atoms with Gasteiger partial charge in [0.15, 0.2) is 0 Å². The molecule has 21 heavy (non-hydrogen) atoms. The maximum atomic E-state index is 5.45. The van der Waals surface area contributed by atoms with Gasteiger partial charge in [0.05, 0.1) is 5.39 Å². The zero-order valence-electron chi connectivity index (χ0n) is 11.6. The van der Waals surface area contributed by atoms with E-state index in [1.54, 1.807) is 11.3 Å². The molecule has 108 valence electrons. The number of rotatable bonds is 3. The summed E-state index contributed by atoms with van der Waals surface area (Å²) in [5.74, 6) is 6.60.